The molecule has 24 heavy (non-hydrogen) atoms. The van der Waals surface area contributed by atoms with Crippen LogP contribution in [0.2, 0.25) is 0 Å². The third-order valence-electron chi connectivity index (χ3n) is 3.10. The summed E-state index contributed by atoms with van der Waals surface area (Å²) in [7, 11) is 3.09. The molecular weight excluding hydrogens is 310 g/mol. The molecule has 1 aromatic carbocycles. The molecule has 0 fully saturated rings. The minimum Gasteiger partial charge on any atom is -0.497 e. The molecule has 0 aliphatic carbocycles. The van der Waals surface area contributed by atoms with Crippen LogP contribution in [0.5, 0.6) is 11.5 Å². The Morgan fingerprint density at radius 3 is 2.75 bits per heavy atom. The molecule has 0 radical (unpaired) electrons. The van der Waals surface area contributed by atoms with Crippen LogP contribution in [0.3, 0.4) is 0 Å². The predicted molar refractivity (Wildman–Crippen MR) is 91.0 cm³/mol. The van der Waals surface area contributed by atoms with Gasteiger partial charge in [-0.25, -0.2) is 0 Å². The zero-order valence-corrected chi connectivity index (χ0v) is 14.2. The number of hydrogen-bond donors (Lipinski definition) is 2. The molecule has 0 unspecified atom stereocenters. The number of carbonyl (C=O) groups is 1. The van der Waals surface area contributed by atoms with Crippen LogP contribution in [0.4, 0.5) is 5.69 Å². The Morgan fingerprint density at radius 1 is 1.33 bits per heavy atom. The van der Waals surface area contributed by atoms with Crippen LogP contribution in [-0.2, 0) is 9.53 Å². The van der Waals surface area contributed by atoms with Gasteiger partial charge in [-0.1, -0.05) is 0 Å². The van der Waals surface area contributed by atoms with Gasteiger partial charge in [-0.3, -0.25) is 4.79 Å². The fourth-order valence-electron chi connectivity index (χ4n) is 1.83. The number of anilines is 1. The molecule has 0 aliphatic rings. The van der Waals surface area contributed by atoms with Gasteiger partial charge in [0.05, 0.1) is 19.9 Å². The second-order valence-electron chi connectivity index (χ2n) is 4.69. The molecular formula is C17H23N3O4. The highest BCUT2D eigenvalue weighted by molar-refractivity contribution is 5.97. The summed E-state index contributed by atoms with van der Waals surface area (Å²) in [6.07, 6.45) is 2.04. The smallest absolute Gasteiger partial charge is 0.263 e. The molecule has 0 bridgehead atoms. The van der Waals surface area contributed by atoms with Gasteiger partial charge >= 0.3 is 0 Å². The standard InChI is InChI=1S/C17H23N3O4/c1-4-24-9-5-8-19-17(21)13(11-18)12-20-15-7-6-14(22-2)10-16(15)23-3/h6-7,10,12,20H,4-5,8-9H2,1-3H3,(H,19,21)/b13-12-. The second-order valence-corrected chi connectivity index (χ2v) is 4.69. The first-order valence-electron chi connectivity index (χ1n) is 7.61. The number of ether oxygens (including phenoxy) is 3. The van der Waals surface area contributed by atoms with Gasteiger partial charge in [-0.05, 0) is 25.5 Å². The van der Waals surface area contributed by atoms with Gasteiger partial charge < -0.3 is 24.8 Å². The van der Waals surface area contributed by atoms with E-state index in [4.69, 9.17) is 19.5 Å². The van der Waals surface area contributed by atoms with Crippen molar-refractivity contribution in [2.24, 2.45) is 0 Å². The summed E-state index contributed by atoms with van der Waals surface area (Å²) in [5, 5.41) is 14.7. The zero-order chi connectivity index (χ0) is 17.8. The summed E-state index contributed by atoms with van der Waals surface area (Å²) in [5.41, 5.74) is 0.597. The zero-order valence-electron chi connectivity index (χ0n) is 14.2. The molecule has 1 rings (SSSR count). The Balaban J connectivity index is 2.65. The summed E-state index contributed by atoms with van der Waals surface area (Å²) in [4.78, 5) is 11.9. The number of nitrogens with one attached hydrogen (secondary N) is 2. The molecule has 0 aliphatic heterocycles. The maximum absolute atomic E-state index is 11.9. The summed E-state index contributed by atoms with van der Waals surface area (Å²) < 4.78 is 15.6. The van der Waals surface area contributed by atoms with Crippen molar-refractivity contribution in [1.82, 2.24) is 5.32 Å². The predicted octanol–water partition coefficient (Wildman–Crippen LogP) is 2.07. The van der Waals surface area contributed by atoms with Gasteiger partial charge in [-0.15, -0.1) is 0 Å². The number of benzene rings is 1. The maximum atomic E-state index is 11.9. The average molecular weight is 333 g/mol. The van der Waals surface area contributed by atoms with Crippen molar-refractivity contribution in [3.05, 3.63) is 30.0 Å². The fraction of sp³-hybridized carbons (Fsp3) is 0.412. The number of amides is 1. The van der Waals surface area contributed by atoms with Crippen molar-refractivity contribution in [3.8, 4) is 17.6 Å². The normalized spacial score (nSPS) is 10.7. The quantitative estimate of drug-likeness (QED) is 0.387. The van der Waals surface area contributed by atoms with E-state index < -0.39 is 5.91 Å². The summed E-state index contributed by atoms with van der Waals surface area (Å²) in [6.45, 7) is 3.58. The lowest BCUT2D eigenvalue weighted by Crippen LogP contribution is -2.26. The first-order valence-corrected chi connectivity index (χ1v) is 7.61. The molecule has 0 saturated heterocycles. The van der Waals surface area contributed by atoms with Crippen LogP contribution in [0.15, 0.2) is 30.0 Å². The largest absolute Gasteiger partial charge is 0.497 e. The van der Waals surface area contributed by atoms with Crippen molar-refractivity contribution < 1.29 is 19.0 Å². The van der Waals surface area contributed by atoms with E-state index >= 15 is 0 Å². The molecule has 0 saturated carbocycles. The van der Waals surface area contributed by atoms with E-state index in [0.29, 0.717) is 43.4 Å². The number of methoxy groups -OCH3 is 2. The van der Waals surface area contributed by atoms with Crippen molar-refractivity contribution in [2.75, 3.05) is 39.3 Å². The van der Waals surface area contributed by atoms with Crippen LogP contribution in [0.1, 0.15) is 13.3 Å². The van der Waals surface area contributed by atoms with E-state index in [9.17, 15) is 4.79 Å². The van der Waals surface area contributed by atoms with Crippen LogP contribution < -0.4 is 20.1 Å². The van der Waals surface area contributed by atoms with Crippen molar-refractivity contribution in [3.63, 3.8) is 0 Å². The van der Waals surface area contributed by atoms with Crippen LogP contribution in [-0.4, -0.2) is 39.9 Å². The van der Waals surface area contributed by atoms with E-state index in [0.717, 1.165) is 0 Å². The number of nitriles is 1. The van der Waals surface area contributed by atoms with E-state index in [1.807, 2.05) is 13.0 Å². The van der Waals surface area contributed by atoms with Gasteiger partial charge in [0.1, 0.15) is 23.1 Å². The second kappa shape index (κ2) is 10.9. The van der Waals surface area contributed by atoms with Gasteiger partial charge in [0.2, 0.25) is 0 Å². The third-order valence-corrected chi connectivity index (χ3v) is 3.10. The first kappa shape index (κ1) is 19.3. The molecule has 7 heteroatoms. The maximum Gasteiger partial charge on any atom is 0.263 e. The van der Waals surface area contributed by atoms with Crippen LogP contribution in [0.25, 0.3) is 0 Å². The lowest BCUT2D eigenvalue weighted by atomic mass is 10.2. The lowest BCUT2D eigenvalue weighted by Gasteiger charge is -2.10. The van der Waals surface area contributed by atoms with Crippen molar-refractivity contribution >= 4 is 11.6 Å². The number of carbonyl (C=O) groups excluding carboxylic acids is 1. The molecule has 2 N–H and O–H groups in total. The molecule has 0 atom stereocenters. The molecule has 0 aromatic heterocycles. The van der Waals surface area contributed by atoms with Crippen LogP contribution in [0, 0.1) is 11.3 Å². The monoisotopic (exact) mass is 333 g/mol. The molecule has 7 nitrogen and oxygen atoms in total. The highest BCUT2D eigenvalue weighted by Crippen LogP contribution is 2.29. The Morgan fingerprint density at radius 2 is 2.12 bits per heavy atom. The first-order chi connectivity index (χ1) is 11.7. The van der Waals surface area contributed by atoms with Crippen molar-refractivity contribution in [2.45, 2.75) is 13.3 Å². The van der Waals surface area contributed by atoms with Gasteiger partial charge in [0, 0.05) is 32.0 Å². The molecule has 130 valence electrons. The average Bonchev–Trinajstić information content (AvgIpc) is 2.62. The Labute approximate surface area is 142 Å². The Hall–Kier alpha value is -2.72. The lowest BCUT2D eigenvalue weighted by molar-refractivity contribution is -0.117. The number of nitrogens with zero attached hydrogens (tertiary/aromatic N) is 1. The summed E-state index contributed by atoms with van der Waals surface area (Å²) in [6, 6.07) is 7.07. The topological polar surface area (TPSA) is 92.6 Å². The number of hydrogen-bond acceptors (Lipinski definition) is 6. The molecule has 1 amide bonds. The highest BCUT2D eigenvalue weighted by Gasteiger charge is 2.09. The molecule has 1 aromatic rings. The fourth-order valence-corrected chi connectivity index (χ4v) is 1.83. The Bertz CT molecular complexity index is 608. The minimum atomic E-state index is -0.436. The van der Waals surface area contributed by atoms with Gasteiger partial charge in [0.25, 0.3) is 5.91 Å². The summed E-state index contributed by atoms with van der Waals surface area (Å²) >= 11 is 0. The van der Waals surface area contributed by atoms with Gasteiger partial charge in [0.15, 0.2) is 0 Å². The SMILES string of the molecule is CCOCCCNC(=O)/C(C#N)=C\Nc1ccc(OC)cc1OC. The Kier molecular flexibility index (Phi) is 8.79. The molecule has 0 heterocycles. The third kappa shape index (κ3) is 6.18. The van der Waals surface area contributed by atoms with E-state index in [1.54, 1.807) is 25.3 Å². The highest BCUT2D eigenvalue weighted by atomic mass is 16.5. The number of rotatable bonds is 10. The van der Waals surface area contributed by atoms with E-state index in [2.05, 4.69) is 10.6 Å². The van der Waals surface area contributed by atoms with Crippen molar-refractivity contribution in [1.29, 1.82) is 5.26 Å². The van der Waals surface area contributed by atoms with Gasteiger partial charge in [-0.2, -0.15) is 5.26 Å². The van der Waals surface area contributed by atoms with Crippen LogP contribution >= 0.6 is 0 Å². The molecule has 0 spiro atoms. The van der Waals surface area contributed by atoms with E-state index in [1.165, 1.54) is 13.3 Å². The van der Waals surface area contributed by atoms with E-state index in [-0.39, 0.29) is 5.57 Å². The minimum absolute atomic E-state index is 0.0238. The summed E-state index contributed by atoms with van der Waals surface area (Å²) in [5.74, 6) is 0.753.